The van der Waals surface area contributed by atoms with Crippen LogP contribution in [0.25, 0.3) is 0 Å². The van der Waals surface area contributed by atoms with Gasteiger partial charge in [0.1, 0.15) is 0 Å². The van der Waals surface area contributed by atoms with Crippen LogP contribution in [0.4, 0.5) is 0 Å². The topological polar surface area (TPSA) is 37.3 Å². The van der Waals surface area contributed by atoms with E-state index in [2.05, 4.69) is 19.1 Å². The first-order chi connectivity index (χ1) is 9.77. The van der Waals surface area contributed by atoms with E-state index in [1.165, 1.54) is 70.6 Å². The number of rotatable bonds is 15. The minimum absolute atomic E-state index is 0.336. The van der Waals surface area contributed by atoms with Crippen LogP contribution < -0.4 is 0 Å². The van der Waals surface area contributed by atoms with Gasteiger partial charge in [0.25, 0.3) is 0 Å². The highest BCUT2D eigenvalue weighted by Crippen LogP contribution is 2.10. The van der Waals surface area contributed by atoms with Crippen molar-refractivity contribution >= 4 is 5.97 Å². The lowest BCUT2D eigenvalue weighted by molar-refractivity contribution is -0.137. The normalized spacial score (nSPS) is 11.2. The molecule has 0 saturated carbocycles. The molecule has 0 aromatic carbocycles. The summed E-state index contributed by atoms with van der Waals surface area (Å²) in [7, 11) is 0. The zero-order valence-corrected chi connectivity index (χ0v) is 13.4. The summed E-state index contributed by atoms with van der Waals surface area (Å²) in [5, 5.41) is 8.51. The highest BCUT2D eigenvalue weighted by Gasteiger charge is 1.96. The van der Waals surface area contributed by atoms with E-state index in [4.69, 9.17) is 5.11 Å². The Hall–Kier alpha value is -0.790. The molecule has 0 spiro atoms. The highest BCUT2D eigenvalue weighted by molar-refractivity contribution is 5.66. The lowest BCUT2D eigenvalue weighted by Crippen LogP contribution is -1.93. The number of hydrogen-bond donors (Lipinski definition) is 1. The molecule has 2 nitrogen and oxygen atoms in total. The minimum atomic E-state index is -0.661. The predicted molar refractivity (Wildman–Crippen MR) is 87.1 cm³/mol. The van der Waals surface area contributed by atoms with Gasteiger partial charge in [0.15, 0.2) is 0 Å². The van der Waals surface area contributed by atoms with Gasteiger partial charge in [-0.1, -0.05) is 70.4 Å². The second-order valence-corrected chi connectivity index (χ2v) is 5.73. The van der Waals surface area contributed by atoms with E-state index in [1.807, 2.05) is 0 Å². The zero-order chi connectivity index (χ0) is 14.9. The van der Waals surface area contributed by atoms with Gasteiger partial charge in [0.2, 0.25) is 0 Å². The Morgan fingerprint density at radius 3 is 1.70 bits per heavy atom. The quantitative estimate of drug-likeness (QED) is 0.224. The van der Waals surface area contributed by atoms with Crippen molar-refractivity contribution in [3.05, 3.63) is 12.2 Å². The molecule has 0 unspecified atom stereocenters. The first-order valence-corrected chi connectivity index (χ1v) is 8.64. The number of carboxylic acid groups (broad SMARTS) is 1. The van der Waals surface area contributed by atoms with Crippen LogP contribution in [-0.4, -0.2) is 11.1 Å². The van der Waals surface area contributed by atoms with E-state index >= 15 is 0 Å². The van der Waals surface area contributed by atoms with Crippen LogP contribution >= 0.6 is 0 Å². The summed E-state index contributed by atoms with van der Waals surface area (Å²) in [4.78, 5) is 10.3. The first kappa shape index (κ1) is 19.2. The second-order valence-electron chi connectivity index (χ2n) is 5.73. The Labute approximate surface area is 125 Å². The summed E-state index contributed by atoms with van der Waals surface area (Å²) in [6.45, 7) is 2.25. The fraction of sp³-hybridized carbons (Fsp3) is 0.833. The lowest BCUT2D eigenvalue weighted by atomic mass is 10.1. The molecule has 2 heteroatoms. The van der Waals surface area contributed by atoms with Gasteiger partial charge in [-0.25, -0.2) is 0 Å². The average Bonchev–Trinajstić information content (AvgIpc) is 2.43. The molecular weight excluding hydrogens is 253 g/mol. The Morgan fingerprint density at radius 1 is 0.750 bits per heavy atom. The summed E-state index contributed by atoms with van der Waals surface area (Å²) < 4.78 is 0. The van der Waals surface area contributed by atoms with Crippen LogP contribution in [0, 0.1) is 0 Å². The Morgan fingerprint density at radius 2 is 1.20 bits per heavy atom. The van der Waals surface area contributed by atoms with E-state index in [0.29, 0.717) is 6.42 Å². The SMILES string of the molecule is CCCCCC/C=C\[13CH2][13CH2]CCCCC[13CH2][13CH2][13C](=O)O. The number of allylic oxidation sites excluding steroid dienone is 2. The third-order valence-corrected chi connectivity index (χ3v) is 3.65. The highest BCUT2D eigenvalue weighted by atomic mass is 16.5. The van der Waals surface area contributed by atoms with Gasteiger partial charge in [0, 0.05) is 6.42 Å². The molecule has 118 valence electrons. The summed E-state index contributed by atoms with van der Waals surface area (Å²) in [5.41, 5.74) is 0. The standard InChI is InChI=1S/C18H34O2/c1-2-3-4-5-6-7-8-9-10-11-12-13-14-15-16-17-18(19)20/h7-8H,2-6,9-17H2,1H3,(H,19,20)/b8-7-/i9+1,10+1,16+1,17+1,18+1. The number of unbranched alkanes of at least 4 members (excludes halogenated alkanes) is 11. The first-order valence-electron chi connectivity index (χ1n) is 8.64. The van der Waals surface area contributed by atoms with Gasteiger partial charge in [-0.3, -0.25) is 4.79 Å². The molecule has 0 radical (unpaired) electrons. The van der Waals surface area contributed by atoms with Gasteiger partial charge < -0.3 is 5.11 Å². The van der Waals surface area contributed by atoms with E-state index in [9.17, 15) is 4.79 Å². The summed E-state index contributed by atoms with van der Waals surface area (Å²) in [6, 6.07) is 0. The molecule has 0 aliphatic carbocycles. The Bertz CT molecular complexity index is 234. The van der Waals surface area contributed by atoms with Gasteiger partial charge in [-0.2, -0.15) is 0 Å². The van der Waals surface area contributed by atoms with Crippen molar-refractivity contribution < 1.29 is 9.90 Å². The molecule has 0 aromatic rings. The van der Waals surface area contributed by atoms with Crippen LogP contribution in [0.2, 0.25) is 0 Å². The van der Waals surface area contributed by atoms with Crippen LogP contribution in [-0.2, 0) is 4.79 Å². The minimum Gasteiger partial charge on any atom is -0.481 e. The molecule has 0 heterocycles. The maximum atomic E-state index is 10.3. The average molecular weight is 287 g/mol. The number of aliphatic carboxylic acids is 1. The predicted octanol–water partition coefficient (Wildman–Crippen LogP) is 6.11. The van der Waals surface area contributed by atoms with Crippen molar-refractivity contribution in [2.45, 2.75) is 96.8 Å². The summed E-state index contributed by atoms with van der Waals surface area (Å²) in [5.74, 6) is -0.661. The van der Waals surface area contributed by atoms with Crippen LogP contribution in [0.3, 0.4) is 0 Å². The number of carbonyl (C=O) groups is 1. The number of carboxylic acids is 1. The maximum absolute atomic E-state index is 10.3. The van der Waals surface area contributed by atoms with Crippen molar-refractivity contribution in [3.63, 3.8) is 0 Å². The molecule has 0 saturated heterocycles. The second kappa shape index (κ2) is 16.3. The van der Waals surface area contributed by atoms with Crippen molar-refractivity contribution in [2.75, 3.05) is 0 Å². The summed E-state index contributed by atoms with van der Waals surface area (Å²) >= 11 is 0. The maximum Gasteiger partial charge on any atom is 0.303 e. The van der Waals surface area contributed by atoms with Gasteiger partial charge in [-0.05, 0) is 32.1 Å². The molecule has 0 aliphatic heterocycles. The zero-order valence-electron chi connectivity index (χ0n) is 13.4. The van der Waals surface area contributed by atoms with Gasteiger partial charge >= 0.3 is 5.97 Å². The van der Waals surface area contributed by atoms with Gasteiger partial charge in [0.05, 0.1) is 0 Å². The fourth-order valence-corrected chi connectivity index (χ4v) is 2.35. The number of hydrogen-bond acceptors (Lipinski definition) is 1. The van der Waals surface area contributed by atoms with Crippen LogP contribution in [0.5, 0.6) is 0 Å². The van der Waals surface area contributed by atoms with Crippen molar-refractivity contribution in [1.82, 2.24) is 0 Å². The molecule has 0 aromatic heterocycles. The molecule has 0 aliphatic rings. The van der Waals surface area contributed by atoms with Crippen LogP contribution in [0.1, 0.15) is 96.8 Å². The molecule has 0 atom stereocenters. The Balaban J connectivity index is 3.05. The third kappa shape index (κ3) is 17.2. The molecule has 20 heavy (non-hydrogen) atoms. The fourth-order valence-electron chi connectivity index (χ4n) is 2.35. The monoisotopic (exact) mass is 287 g/mol. The molecule has 0 bridgehead atoms. The van der Waals surface area contributed by atoms with Crippen molar-refractivity contribution in [3.8, 4) is 0 Å². The largest absolute Gasteiger partial charge is 0.481 e. The van der Waals surface area contributed by atoms with E-state index in [-0.39, 0.29) is 0 Å². The lowest BCUT2D eigenvalue weighted by Gasteiger charge is -2.00. The van der Waals surface area contributed by atoms with E-state index in [1.54, 1.807) is 0 Å². The van der Waals surface area contributed by atoms with Crippen molar-refractivity contribution in [2.24, 2.45) is 0 Å². The van der Waals surface area contributed by atoms with Gasteiger partial charge in [-0.15, -0.1) is 0 Å². The van der Waals surface area contributed by atoms with Crippen LogP contribution in [0.15, 0.2) is 12.2 Å². The van der Waals surface area contributed by atoms with E-state index in [0.717, 1.165) is 12.8 Å². The molecule has 0 amide bonds. The summed E-state index contributed by atoms with van der Waals surface area (Å²) in [6.07, 6.45) is 21.2. The molecule has 0 fully saturated rings. The Kier molecular flexibility index (Phi) is 15.6. The third-order valence-electron chi connectivity index (χ3n) is 3.65. The molecular formula is C18H34O2. The molecule has 0 rings (SSSR count). The van der Waals surface area contributed by atoms with Crippen molar-refractivity contribution in [1.29, 1.82) is 0 Å². The smallest absolute Gasteiger partial charge is 0.303 e. The molecule has 1 N–H and O–H groups in total. The van der Waals surface area contributed by atoms with E-state index < -0.39 is 5.97 Å².